The molecule has 0 bridgehead atoms. The first kappa shape index (κ1) is 14.8. The van der Waals surface area contributed by atoms with Crippen LogP contribution in [-0.2, 0) is 0 Å². The standard InChI is InChI=1S/C13H22N4S/c1-13(2,3)10(18-4)9-16-12(14)17-11-7-5-6-8-15-11/h5-8,10H,9H2,1-4H3,(H3,14,15,16,17). The van der Waals surface area contributed by atoms with Gasteiger partial charge in [0.05, 0.1) is 6.54 Å². The largest absolute Gasteiger partial charge is 0.370 e. The third kappa shape index (κ3) is 4.96. The molecule has 1 rings (SSSR count). The molecule has 1 aromatic rings. The highest BCUT2D eigenvalue weighted by Gasteiger charge is 2.23. The van der Waals surface area contributed by atoms with E-state index in [9.17, 15) is 0 Å². The van der Waals surface area contributed by atoms with Gasteiger partial charge in [0.1, 0.15) is 5.82 Å². The number of nitrogens with two attached hydrogens (primary N) is 1. The molecule has 3 N–H and O–H groups in total. The zero-order valence-corrected chi connectivity index (χ0v) is 12.3. The van der Waals surface area contributed by atoms with Crippen molar-refractivity contribution in [2.45, 2.75) is 26.0 Å². The van der Waals surface area contributed by atoms with Crippen molar-refractivity contribution in [1.82, 2.24) is 4.98 Å². The van der Waals surface area contributed by atoms with Crippen molar-refractivity contribution in [2.75, 3.05) is 18.1 Å². The number of nitrogens with one attached hydrogen (secondary N) is 1. The van der Waals surface area contributed by atoms with Crippen LogP contribution in [0.4, 0.5) is 5.82 Å². The Morgan fingerprint density at radius 1 is 1.50 bits per heavy atom. The molecule has 0 amide bonds. The van der Waals surface area contributed by atoms with Crippen LogP contribution in [0.3, 0.4) is 0 Å². The smallest absolute Gasteiger partial charge is 0.194 e. The average Bonchev–Trinajstić information content (AvgIpc) is 2.29. The maximum atomic E-state index is 5.84. The van der Waals surface area contributed by atoms with Crippen LogP contribution in [-0.4, -0.2) is 29.0 Å². The van der Waals surface area contributed by atoms with Gasteiger partial charge in [0.25, 0.3) is 0 Å². The fraction of sp³-hybridized carbons (Fsp3) is 0.538. The molecule has 0 saturated heterocycles. The first-order valence-electron chi connectivity index (χ1n) is 5.94. The van der Waals surface area contributed by atoms with E-state index >= 15 is 0 Å². The van der Waals surface area contributed by atoms with Crippen molar-refractivity contribution in [3.8, 4) is 0 Å². The molecular weight excluding hydrogens is 244 g/mol. The van der Waals surface area contributed by atoms with Gasteiger partial charge in [-0.1, -0.05) is 26.8 Å². The lowest BCUT2D eigenvalue weighted by Gasteiger charge is -2.27. The second-order valence-electron chi connectivity index (χ2n) is 5.16. The minimum atomic E-state index is 0.216. The van der Waals surface area contributed by atoms with Gasteiger partial charge in [0, 0.05) is 11.4 Å². The number of pyridine rings is 1. The van der Waals surface area contributed by atoms with E-state index in [1.165, 1.54) is 0 Å². The van der Waals surface area contributed by atoms with Crippen LogP contribution >= 0.6 is 11.8 Å². The van der Waals surface area contributed by atoms with Crippen LogP contribution < -0.4 is 11.1 Å². The van der Waals surface area contributed by atoms with E-state index in [4.69, 9.17) is 5.73 Å². The number of rotatable bonds is 4. The summed E-state index contributed by atoms with van der Waals surface area (Å²) in [6.07, 6.45) is 3.82. The Kier molecular flexibility index (Phi) is 5.47. The lowest BCUT2D eigenvalue weighted by atomic mass is 9.92. The van der Waals surface area contributed by atoms with Gasteiger partial charge in [0.2, 0.25) is 0 Å². The van der Waals surface area contributed by atoms with E-state index < -0.39 is 0 Å². The van der Waals surface area contributed by atoms with Crippen molar-refractivity contribution >= 4 is 23.5 Å². The topological polar surface area (TPSA) is 63.3 Å². The number of guanidine groups is 1. The Bertz CT molecular complexity index is 384. The van der Waals surface area contributed by atoms with Crippen LogP contribution in [0.25, 0.3) is 0 Å². The summed E-state index contributed by atoms with van der Waals surface area (Å²) >= 11 is 1.82. The van der Waals surface area contributed by atoms with Gasteiger partial charge in [-0.15, -0.1) is 0 Å². The first-order chi connectivity index (χ1) is 8.43. The second-order valence-corrected chi connectivity index (χ2v) is 6.20. The lowest BCUT2D eigenvalue weighted by molar-refractivity contribution is 0.399. The molecule has 0 saturated carbocycles. The highest BCUT2D eigenvalue weighted by Crippen LogP contribution is 2.28. The molecule has 1 unspecified atom stereocenters. The molecule has 1 heterocycles. The third-order valence-corrected chi connectivity index (χ3v) is 4.02. The summed E-state index contributed by atoms with van der Waals surface area (Å²) in [4.78, 5) is 8.52. The Labute approximate surface area is 113 Å². The molecule has 5 heteroatoms. The van der Waals surface area contributed by atoms with Crippen molar-refractivity contribution in [1.29, 1.82) is 0 Å². The van der Waals surface area contributed by atoms with Gasteiger partial charge >= 0.3 is 0 Å². The highest BCUT2D eigenvalue weighted by atomic mass is 32.2. The SMILES string of the molecule is CSC(CN=C(N)Nc1ccccn1)C(C)(C)C. The summed E-state index contributed by atoms with van der Waals surface area (Å²) < 4.78 is 0. The van der Waals surface area contributed by atoms with Gasteiger partial charge in [-0.2, -0.15) is 11.8 Å². The van der Waals surface area contributed by atoms with Gasteiger partial charge in [-0.25, -0.2) is 4.98 Å². The van der Waals surface area contributed by atoms with E-state index in [1.54, 1.807) is 6.20 Å². The summed E-state index contributed by atoms with van der Waals surface area (Å²) in [6.45, 7) is 7.35. The van der Waals surface area contributed by atoms with Gasteiger partial charge in [0.15, 0.2) is 5.96 Å². The summed E-state index contributed by atoms with van der Waals surface area (Å²) in [5.41, 5.74) is 6.06. The monoisotopic (exact) mass is 266 g/mol. The van der Waals surface area contributed by atoms with Crippen LogP contribution in [0.2, 0.25) is 0 Å². The maximum absolute atomic E-state index is 5.84. The van der Waals surface area contributed by atoms with Gasteiger partial charge < -0.3 is 11.1 Å². The minimum Gasteiger partial charge on any atom is -0.370 e. The quantitative estimate of drug-likeness (QED) is 0.649. The molecule has 0 aliphatic rings. The van der Waals surface area contributed by atoms with Crippen LogP contribution in [0.15, 0.2) is 29.4 Å². The number of nitrogens with zero attached hydrogens (tertiary/aromatic N) is 2. The number of aromatic nitrogens is 1. The molecule has 0 radical (unpaired) electrons. The lowest BCUT2D eigenvalue weighted by Crippen LogP contribution is -2.29. The molecule has 100 valence electrons. The second kappa shape index (κ2) is 6.64. The maximum Gasteiger partial charge on any atom is 0.194 e. The molecule has 0 aliphatic carbocycles. The molecule has 1 atom stereocenters. The van der Waals surface area contributed by atoms with E-state index in [0.29, 0.717) is 17.8 Å². The van der Waals surface area contributed by atoms with E-state index in [-0.39, 0.29) is 5.41 Å². The zero-order valence-electron chi connectivity index (χ0n) is 11.5. The molecule has 0 aromatic carbocycles. The van der Waals surface area contributed by atoms with Crippen molar-refractivity contribution in [2.24, 2.45) is 16.1 Å². The van der Waals surface area contributed by atoms with Crippen LogP contribution in [0.1, 0.15) is 20.8 Å². The van der Waals surface area contributed by atoms with Gasteiger partial charge in [-0.05, 0) is 23.8 Å². The number of thioether (sulfide) groups is 1. The molecule has 4 nitrogen and oxygen atoms in total. The normalized spacial score (nSPS) is 14.3. The summed E-state index contributed by atoms with van der Waals surface area (Å²) in [6, 6.07) is 5.63. The summed E-state index contributed by atoms with van der Waals surface area (Å²) in [5.74, 6) is 1.13. The first-order valence-corrected chi connectivity index (χ1v) is 7.23. The average molecular weight is 266 g/mol. The summed E-state index contributed by atoms with van der Waals surface area (Å²) in [5, 5.41) is 3.43. The predicted molar refractivity (Wildman–Crippen MR) is 81.1 cm³/mol. The number of aliphatic imine (C=N–C) groups is 1. The Hall–Kier alpha value is -1.23. The third-order valence-electron chi connectivity index (χ3n) is 2.60. The van der Waals surface area contributed by atoms with E-state index in [2.05, 4.69) is 42.3 Å². The summed E-state index contributed by atoms with van der Waals surface area (Å²) in [7, 11) is 0. The molecule has 0 aliphatic heterocycles. The Morgan fingerprint density at radius 2 is 2.22 bits per heavy atom. The molecule has 18 heavy (non-hydrogen) atoms. The molecule has 1 aromatic heterocycles. The number of hydrogen-bond donors (Lipinski definition) is 2. The fourth-order valence-corrected chi connectivity index (χ4v) is 2.42. The van der Waals surface area contributed by atoms with Crippen LogP contribution in [0.5, 0.6) is 0 Å². The number of anilines is 1. The fourth-order valence-electron chi connectivity index (χ4n) is 1.49. The molecule has 0 spiro atoms. The number of hydrogen-bond acceptors (Lipinski definition) is 3. The minimum absolute atomic E-state index is 0.216. The van der Waals surface area contributed by atoms with Gasteiger partial charge in [-0.3, -0.25) is 4.99 Å². The van der Waals surface area contributed by atoms with Crippen LogP contribution in [0, 0.1) is 5.41 Å². The van der Waals surface area contributed by atoms with Crippen molar-refractivity contribution in [3.63, 3.8) is 0 Å². The molecule has 0 fully saturated rings. The highest BCUT2D eigenvalue weighted by molar-refractivity contribution is 7.99. The van der Waals surface area contributed by atoms with Crippen molar-refractivity contribution < 1.29 is 0 Å². The van der Waals surface area contributed by atoms with E-state index in [1.807, 2.05) is 30.0 Å². The van der Waals surface area contributed by atoms with Crippen molar-refractivity contribution in [3.05, 3.63) is 24.4 Å². The van der Waals surface area contributed by atoms with E-state index in [0.717, 1.165) is 5.82 Å². The Morgan fingerprint density at radius 3 is 2.72 bits per heavy atom. The molecular formula is C13H22N4S. The zero-order chi connectivity index (χ0) is 13.6. The Balaban J connectivity index is 2.56. The predicted octanol–water partition coefficient (Wildman–Crippen LogP) is 2.59.